The van der Waals surface area contributed by atoms with Gasteiger partial charge in [0.1, 0.15) is 11.6 Å². The van der Waals surface area contributed by atoms with Crippen molar-refractivity contribution in [2.45, 2.75) is 32.1 Å². The number of benzene rings is 1. The highest BCUT2D eigenvalue weighted by Gasteiger charge is 2.18. The molecular weight excluding hydrogens is 269 g/mol. The fourth-order valence-electron chi connectivity index (χ4n) is 1.50. The first-order valence-electron chi connectivity index (χ1n) is 6.06. The van der Waals surface area contributed by atoms with Gasteiger partial charge in [0.05, 0.1) is 5.75 Å². The van der Waals surface area contributed by atoms with Gasteiger partial charge in [-0.1, -0.05) is 19.1 Å². The molecule has 0 saturated carbocycles. The number of hydrogen-bond acceptors (Lipinski definition) is 3. The molecule has 1 aromatic carbocycles. The molecule has 1 aromatic rings. The third-order valence-corrected chi connectivity index (χ3v) is 4.15. The molecule has 0 aliphatic rings. The number of carbonyl (C=O) groups excluding carboxylic acids is 1. The first-order valence-corrected chi connectivity index (χ1v) is 7.89. The van der Waals surface area contributed by atoms with Crippen molar-refractivity contribution in [2.24, 2.45) is 0 Å². The molecule has 106 valence electrons. The van der Waals surface area contributed by atoms with Gasteiger partial charge in [-0.3, -0.25) is 4.79 Å². The van der Waals surface area contributed by atoms with Gasteiger partial charge >= 0.3 is 0 Å². The van der Waals surface area contributed by atoms with Gasteiger partial charge in [0.25, 0.3) is 0 Å². The summed E-state index contributed by atoms with van der Waals surface area (Å²) in [4.78, 5) is 11.5. The third-order valence-electron chi connectivity index (χ3n) is 2.67. The Labute approximate surface area is 112 Å². The Kier molecular flexibility index (Phi) is 5.47. The van der Waals surface area contributed by atoms with Crippen molar-refractivity contribution in [1.82, 2.24) is 5.32 Å². The summed E-state index contributed by atoms with van der Waals surface area (Å²) in [6.07, 6.45) is 0.740. The van der Waals surface area contributed by atoms with Gasteiger partial charge in [0.2, 0.25) is 5.91 Å². The van der Waals surface area contributed by atoms with Crippen molar-refractivity contribution in [1.29, 1.82) is 0 Å². The minimum absolute atomic E-state index is 0.0477. The molecule has 0 radical (unpaired) electrons. The summed E-state index contributed by atoms with van der Waals surface area (Å²) in [6, 6.07) is 5.15. The van der Waals surface area contributed by atoms with Crippen LogP contribution in [0.25, 0.3) is 0 Å². The Morgan fingerprint density at radius 3 is 2.42 bits per heavy atom. The zero-order valence-corrected chi connectivity index (χ0v) is 11.8. The van der Waals surface area contributed by atoms with Crippen LogP contribution in [-0.4, -0.2) is 26.1 Å². The molecule has 4 nitrogen and oxygen atoms in total. The lowest BCUT2D eigenvalue weighted by atomic mass is 10.2. The van der Waals surface area contributed by atoms with Gasteiger partial charge in [0, 0.05) is 6.04 Å². The molecule has 0 fully saturated rings. The Hall–Kier alpha value is -1.43. The Morgan fingerprint density at radius 2 is 1.89 bits per heavy atom. The van der Waals surface area contributed by atoms with Gasteiger partial charge in [-0.05, 0) is 31.0 Å². The second-order valence-electron chi connectivity index (χ2n) is 4.54. The van der Waals surface area contributed by atoms with Crippen LogP contribution < -0.4 is 5.32 Å². The monoisotopic (exact) mass is 287 g/mol. The first kappa shape index (κ1) is 15.6. The van der Waals surface area contributed by atoms with E-state index in [0.717, 1.165) is 6.42 Å². The number of hydrogen-bond donors (Lipinski definition) is 1. The summed E-state index contributed by atoms with van der Waals surface area (Å²) in [5.41, 5.74) is 0.470. The predicted octanol–water partition coefficient (Wildman–Crippen LogP) is 1.66. The van der Waals surface area contributed by atoms with Crippen molar-refractivity contribution in [3.05, 3.63) is 35.6 Å². The van der Waals surface area contributed by atoms with Gasteiger partial charge in [-0.15, -0.1) is 0 Å². The number of nitrogens with one attached hydrogen (secondary N) is 1. The molecule has 19 heavy (non-hydrogen) atoms. The van der Waals surface area contributed by atoms with E-state index in [2.05, 4.69) is 5.32 Å². The highest BCUT2D eigenvalue weighted by atomic mass is 32.2. The second-order valence-corrected chi connectivity index (χ2v) is 6.60. The quantitative estimate of drug-likeness (QED) is 0.865. The molecule has 0 spiro atoms. The van der Waals surface area contributed by atoms with Gasteiger partial charge in [-0.25, -0.2) is 12.8 Å². The molecule has 0 saturated heterocycles. The largest absolute Gasteiger partial charge is 0.353 e. The maximum atomic E-state index is 12.7. The molecule has 1 N–H and O–H groups in total. The zero-order chi connectivity index (χ0) is 14.5. The molecule has 6 heteroatoms. The minimum Gasteiger partial charge on any atom is -0.353 e. The highest BCUT2D eigenvalue weighted by Crippen LogP contribution is 2.08. The normalized spacial score (nSPS) is 13.0. The smallest absolute Gasteiger partial charge is 0.235 e. The van der Waals surface area contributed by atoms with E-state index < -0.39 is 27.3 Å². The second kappa shape index (κ2) is 6.65. The van der Waals surface area contributed by atoms with Gasteiger partial charge < -0.3 is 5.32 Å². The van der Waals surface area contributed by atoms with Crippen LogP contribution in [0.15, 0.2) is 24.3 Å². The molecule has 0 heterocycles. The first-order chi connectivity index (χ1) is 8.82. The lowest BCUT2D eigenvalue weighted by Crippen LogP contribution is -2.36. The van der Waals surface area contributed by atoms with Crippen LogP contribution in [-0.2, 0) is 20.4 Å². The van der Waals surface area contributed by atoms with Gasteiger partial charge in [-0.2, -0.15) is 0 Å². The molecule has 1 rings (SSSR count). The summed E-state index contributed by atoms with van der Waals surface area (Å²) < 4.78 is 36.3. The minimum atomic E-state index is -3.54. The van der Waals surface area contributed by atoms with E-state index in [-0.39, 0.29) is 11.8 Å². The molecule has 1 atom stereocenters. The van der Waals surface area contributed by atoms with E-state index >= 15 is 0 Å². The number of halogens is 1. The molecule has 1 amide bonds. The average molecular weight is 287 g/mol. The van der Waals surface area contributed by atoms with Crippen molar-refractivity contribution >= 4 is 15.7 Å². The van der Waals surface area contributed by atoms with E-state index in [4.69, 9.17) is 0 Å². The Bertz CT molecular complexity index is 525. The number of carbonyl (C=O) groups is 1. The van der Waals surface area contributed by atoms with Crippen molar-refractivity contribution in [3.63, 3.8) is 0 Å². The fourth-order valence-corrected chi connectivity index (χ4v) is 2.79. The lowest BCUT2D eigenvalue weighted by molar-refractivity contribution is -0.119. The third kappa shape index (κ3) is 5.83. The molecule has 0 aromatic heterocycles. The highest BCUT2D eigenvalue weighted by molar-refractivity contribution is 7.91. The fraction of sp³-hybridized carbons (Fsp3) is 0.462. The maximum absolute atomic E-state index is 12.7. The van der Waals surface area contributed by atoms with Crippen molar-refractivity contribution in [3.8, 4) is 0 Å². The van der Waals surface area contributed by atoms with E-state index in [9.17, 15) is 17.6 Å². The van der Waals surface area contributed by atoms with Crippen LogP contribution in [0.1, 0.15) is 25.8 Å². The molecule has 0 bridgehead atoms. The van der Waals surface area contributed by atoms with E-state index in [1.807, 2.05) is 13.8 Å². The SMILES string of the molecule is CCC(C)NC(=O)CS(=O)(=O)Cc1ccc(F)cc1. The summed E-state index contributed by atoms with van der Waals surface area (Å²) >= 11 is 0. The van der Waals surface area contributed by atoms with Crippen LogP contribution in [0.3, 0.4) is 0 Å². The number of amides is 1. The van der Waals surface area contributed by atoms with Crippen molar-refractivity contribution < 1.29 is 17.6 Å². The van der Waals surface area contributed by atoms with Crippen LogP contribution in [0, 0.1) is 5.82 Å². The zero-order valence-electron chi connectivity index (χ0n) is 11.0. The van der Waals surface area contributed by atoms with E-state index in [1.165, 1.54) is 24.3 Å². The lowest BCUT2D eigenvalue weighted by Gasteiger charge is -2.11. The average Bonchev–Trinajstić information content (AvgIpc) is 2.30. The molecule has 0 aliphatic heterocycles. The van der Waals surface area contributed by atoms with Gasteiger partial charge in [0.15, 0.2) is 9.84 Å². The Balaban J connectivity index is 2.61. The number of sulfone groups is 1. The summed E-state index contributed by atoms with van der Waals surface area (Å²) in [7, 11) is -3.54. The standard InChI is InChI=1S/C13H18FNO3S/c1-3-10(2)15-13(16)9-19(17,18)8-11-4-6-12(14)7-5-11/h4-7,10H,3,8-9H2,1-2H3,(H,15,16). The summed E-state index contributed by atoms with van der Waals surface area (Å²) in [5.74, 6) is -1.73. The van der Waals surface area contributed by atoms with Crippen LogP contribution in [0.5, 0.6) is 0 Å². The Morgan fingerprint density at radius 1 is 1.32 bits per heavy atom. The summed E-state index contributed by atoms with van der Waals surface area (Å²) in [6.45, 7) is 3.71. The maximum Gasteiger partial charge on any atom is 0.235 e. The van der Waals surface area contributed by atoms with E-state index in [1.54, 1.807) is 0 Å². The summed E-state index contributed by atoms with van der Waals surface area (Å²) in [5, 5.41) is 2.60. The molecule has 0 aliphatic carbocycles. The topological polar surface area (TPSA) is 63.2 Å². The predicted molar refractivity (Wildman–Crippen MR) is 71.8 cm³/mol. The van der Waals surface area contributed by atoms with Crippen LogP contribution in [0.2, 0.25) is 0 Å². The number of rotatable bonds is 6. The van der Waals surface area contributed by atoms with Crippen LogP contribution in [0.4, 0.5) is 4.39 Å². The molecular formula is C13H18FNO3S. The van der Waals surface area contributed by atoms with E-state index in [0.29, 0.717) is 5.56 Å². The van der Waals surface area contributed by atoms with Crippen LogP contribution >= 0.6 is 0 Å². The molecule has 1 unspecified atom stereocenters. The van der Waals surface area contributed by atoms with Crippen molar-refractivity contribution in [2.75, 3.05) is 5.75 Å².